The predicted octanol–water partition coefficient (Wildman–Crippen LogP) is 3.82. The third-order valence-electron chi connectivity index (χ3n) is 6.47. The van der Waals surface area contributed by atoms with Crippen LogP contribution in [0, 0.1) is 20.8 Å². The van der Waals surface area contributed by atoms with Crippen LogP contribution >= 0.6 is 0 Å². The van der Waals surface area contributed by atoms with E-state index in [1.807, 2.05) is 32.0 Å². The number of benzene rings is 2. The molecule has 1 amide bonds. The summed E-state index contributed by atoms with van der Waals surface area (Å²) < 4.78 is 29.0. The van der Waals surface area contributed by atoms with E-state index in [0.717, 1.165) is 28.7 Å². The highest BCUT2D eigenvalue weighted by molar-refractivity contribution is 7.89. The molecule has 184 valence electrons. The van der Waals surface area contributed by atoms with Gasteiger partial charge in [-0.25, -0.2) is 13.1 Å². The Balaban J connectivity index is 1.67. The van der Waals surface area contributed by atoms with Crippen molar-refractivity contribution in [3.8, 4) is 11.3 Å². The molecule has 0 bridgehead atoms. The topological polar surface area (TPSA) is 101 Å². The zero-order chi connectivity index (χ0) is 25.3. The monoisotopic (exact) mass is 494 g/mol. The molecule has 0 spiro atoms. The van der Waals surface area contributed by atoms with Crippen molar-refractivity contribution in [3.63, 3.8) is 0 Å². The van der Waals surface area contributed by atoms with E-state index in [9.17, 15) is 18.0 Å². The Bertz CT molecular complexity index is 1420. The van der Waals surface area contributed by atoms with Crippen molar-refractivity contribution in [2.45, 2.75) is 51.5 Å². The van der Waals surface area contributed by atoms with Gasteiger partial charge in [-0.1, -0.05) is 30.3 Å². The number of para-hydroxylation sites is 1. The van der Waals surface area contributed by atoms with E-state index in [-0.39, 0.29) is 10.8 Å². The second-order valence-electron chi connectivity index (χ2n) is 9.02. The van der Waals surface area contributed by atoms with Gasteiger partial charge in [0.25, 0.3) is 5.56 Å². The Morgan fingerprint density at radius 1 is 0.971 bits per heavy atom. The maximum absolute atomic E-state index is 13.2. The maximum atomic E-state index is 13.2. The molecular weight excluding hydrogens is 464 g/mol. The van der Waals surface area contributed by atoms with E-state index >= 15 is 0 Å². The molecule has 9 heteroatoms. The van der Waals surface area contributed by atoms with Crippen LogP contribution in [-0.4, -0.2) is 41.5 Å². The lowest BCUT2D eigenvalue weighted by molar-refractivity contribution is -0.119. The summed E-state index contributed by atoms with van der Waals surface area (Å²) in [6, 6.07) is 12.9. The first kappa shape index (κ1) is 24.8. The largest absolute Gasteiger partial charge is 0.324 e. The van der Waals surface area contributed by atoms with Gasteiger partial charge >= 0.3 is 0 Å². The van der Waals surface area contributed by atoms with Gasteiger partial charge in [0.1, 0.15) is 6.04 Å². The Hall–Kier alpha value is -3.30. The lowest BCUT2D eigenvalue weighted by Gasteiger charge is -2.19. The molecule has 4 rings (SSSR count). The zero-order valence-corrected chi connectivity index (χ0v) is 21.2. The van der Waals surface area contributed by atoms with Gasteiger partial charge in [-0.05, 0) is 69.4 Å². The fourth-order valence-corrected chi connectivity index (χ4v) is 6.08. The number of carbonyl (C=O) groups is 1. The summed E-state index contributed by atoms with van der Waals surface area (Å²) in [5.74, 6) is -0.365. The summed E-state index contributed by atoms with van der Waals surface area (Å²) in [5.41, 5.74) is 3.75. The number of hydrogen-bond acceptors (Lipinski definition) is 5. The highest BCUT2D eigenvalue weighted by Gasteiger charge is 2.29. The number of aryl methyl sites for hydroxylation is 3. The van der Waals surface area contributed by atoms with Gasteiger partial charge in [-0.15, -0.1) is 0 Å². The van der Waals surface area contributed by atoms with Crippen molar-refractivity contribution in [3.05, 3.63) is 75.6 Å². The van der Waals surface area contributed by atoms with Crippen molar-refractivity contribution in [2.75, 3.05) is 18.4 Å². The molecule has 1 fully saturated rings. The Kier molecular flexibility index (Phi) is 6.91. The summed E-state index contributed by atoms with van der Waals surface area (Å²) in [4.78, 5) is 25.8. The highest BCUT2D eigenvalue weighted by atomic mass is 32.2. The van der Waals surface area contributed by atoms with Gasteiger partial charge in [0.2, 0.25) is 15.9 Å². The number of nitrogens with zero attached hydrogens (tertiary/aromatic N) is 3. The second-order valence-corrected chi connectivity index (χ2v) is 10.9. The molecule has 3 aromatic rings. The van der Waals surface area contributed by atoms with E-state index in [1.165, 1.54) is 10.4 Å². The minimum Gasteiger partial charge on any atom is -0.324 e. The molecule has 0 radical (unpaired) electrons. The number of amides is 1. The third-order valence-corrected chi connectivity index (χ3v) is 8.51. The lowest BCUT2D eigenvalue weighted by atomic mass is 10.1. The van der Waals surface area contributed by atoms with E-state index in [1.54, 1.807) is 38.1 Å². The van der Waals surface area contributed by atoms with Crippen LogP contribution in [0.4, 0.5) is 5.69 Å². The molecule has 2 aromatic carbocycles. The van der Waals surface area contributed by atoms with Gasteiger partial charge in [-0.2, -0.15) is 9.40 Å². The Morgan fingerprint density at radius 2 is 1.63 bits per heavy atom. The molecule has 1 unspecified atom stereocenters. The molecule has 0 aliphatic carbocycles. The minimum absolute atomic E-state index is 0.234. The molecule has 0 saturated carbocycles. The van der Waals surface area contributed by atoms with E-state index < -0.39 is 21.6 Å². The Labute approximate surface area is 205 Å². The lowest BCUT2D eigenvalue weighted by Crippen LogP contribution is -2.33. The summed E-state index contributed by atoms with van der Waals surface area (Å²) in [6.07, 6.45) is 1.71. The smallest absolute Gasteiger partial charge is 0.267 e. The van der Waals surface area contributed by atoms with Crippen molar-refractivity contribution < 1.29 is 13.2 Å². The van der Waals surface area contributed by atoms with Crippen LogP contribution in [0.1, 0.15) is 42.5 Å². The summed E-state index contributed by atoms with van der Waals surface area (Å²) in [6.45, 7) is 8.22. The van der Waals surface area contributed by atoms with Crippen molar-refractivity contribution in [2.24, 2.45) is 0 Å². The quantitative estimate of drug-likeness (QED) is 0.561. The molecule has 1 N–H and O–H groups in total. The average molecular weight is 495 g/mol. The van der Waals surface area contributed by atoms with Crippen LogP contribution in [0.25, 0.3) is 11.3 Å². The number of anilines is 1. The Morgan fingerprint density at radius 3 is 2.29 bits per heavy atom. The fraction of sp³-hybridized carbons (Fsp3) is 0.346. The number of rotatable bonds is 6. The van der Waals surface area contributed by atoms with E-state index in [0.29, 0.717) is 35.6 Å². The van der Waals surface area contributed by atoms with Gasteiger partial charge in [-0.3, -0.25) is 9.59 Å². The number of aromatic nitrogens is 2. The van der Waals surface area contributed by atoms with Crippen LogP contribution in [0.5, 0.6) is 0 Å². The molecule has 1 atom stereocenters. The standard InChI is InChI=1S/C26H30N4O4S/c1-17-10-11-21(16-23(17)35(33,34)29-14-5-6-15-29)22-12-13-24(31)30(28-22)20(4)26(32)27-25-18(2)8-7-9-19(25)3/h7-13,16,20H,5-6,14-15H2,1-4H3,(H,27,32). The second kappa shape index (κ2) is 9.75. The van der Waals surface area contributed by atoms with Crippen molar-refractivity contribution in [1.82, 2.24) is 14.1 Å². The van der Waals surface area contributed by atoms with Crippen LogP contribution in [0.2, 0.25) is 0 Å². The molecule has 35 heavy (non-hydrogen) atoms. The van der Waals surface area contributed by atoms with Gasteiger partial charge in [0, 0.05) is 30.4 Å². The third kappa shape index (κ3) is 4.92. The summed E-state index contributed by atoms with van der Waals surface area (Å²) >= 11 is 0. The van der Waals surface area contributed by atoms with Gasteiger partial charge < -0.3 is 5.32 Å². The van der Waals surface area contributed by atoms with E-state index in [4.69, 9.17) is 0 Å². The van der Waals surface area contributed by atoms with E-state index in [2.05, 4.69) is 10.4 Å². The van der Waals surface area contributed by atoms with Crippen LogP contribution < -0.4 is 10.9 Å². The first-order chi connectivity index (χ1) is 16.6. The summed E-state index contributed by atoms with van der Waals surface area (Å²) in [7, 11) is -3.62. The number of hydrogen-bond donors (Lipinski definition) is 1. The van der Waals surface area contributed by atoms with Crippen LogP contribution in [0.3, 0.4) is 0 Å². The van der Waals surface area contributed by atoms with Crippen molar-refractivity contribution in [1.29, 1.82) is 0 Å². The molecule has 8 nitrogen and oxygen atoms in total. The summed E-state index contributed by atoms with van der Waals surface area (Å²) in [5, 5.41) is 7.34. The fourth-order valence-electron chi connectivity index (χ4n) is 4.31. The molecular formula is C26H30N4O4S. The maximum Gasteiger partial charge on any atom is 0.267 e. The van der Waals surface area contributed by atoms with Crippen molar-refractivity contribution >= 4 is 21.6 Å². The molecule has 1 aliphatic heterocycles. The molecule has 2 heterocycles. The first-order valence-electron chi connectivity index (χ1n) is 11.7. The molecule has 1 saturated heterocycles. The average Bonchev–Trinajstić information content (AvgIpc) is 3.38. The number of nitrogens with one attached hydrogen (secondary N) is 1. The van der Waals surface area contributed by atoms with Crippen LogP contribution in [-0.2, 0) is 14.8 Å². The molecule has 1 aliphatic rings. The number of carbonyl (C=O) groups excluding carboxylic acids is 1. The predicted molar refractivity (Wildman–Crippen MR) is 136 cm³/mol. The van der Waals surface area contributed by atoms with Gasteiger partial charge in [0.15, 0.2) is 0 Å². The van der Waals surface area contributed by atoms with Gasteiger partial charge in [0.05, 0.1) is 10.6 Å². The first-order valence-corrected chi connectivity index (χ1v) is 13.1. The normalized spacial score (nSPS) is 15.2. The van der Waals surface area contributed by atoms with Crippen LogP contribution in [0.15, 0.2) is 58.2 Å². The number of sulfonamides is 1. The minimum atomic E-state index is -3.62. The molecule has 1 aromatic heterocycles. The highest BCUT2D eigenvalue weighted by Crippen LogP contribution is 2.28. The zero-order valence-electron chi connectivity index (χ0n) is 20.4. The SMILES string of the molecule is Cc1ccc(-c2ccc(=O)n(C(C)C(=O)Nc3c(C)cccc3C)n2)cc1S(=O)(=O)N1CCCC1.